The number of pyridine rings is 1. The normalized spacial score (nSPS) is 12.5. The van der Waals surface area contributed by atoms with E-state index in [1.54, 1.807) is 12.4 Å². The third-order valence-corrected chi connectivity index (χ3v) is 2.15. The molecule has 1 heterocycles. The molecule has 0 spiro atoms. The quantitative estimate of drug-likeness (QED) is 0.779. The minimum absolute atomic E-state index is 0.171. The fourth-order valence-electron chi connectivity index (χ4n) is 0.904. The van der Waals surface area contributed by atoms with Crippen molar-refractivity contribution in [1.82, 2.24) is 4.98 Å². The summed E-state index contributed by atoms with van der Waals surface area (Å²) in [6, 6.07) is 2.01. The van der Waals surface area contributed by atoms with Gasteiger partial charge in [0.15, 0.2) is 0 Å². The third-order valence-electron chi connectivity index (χ3n) is 1.85. The van der Waals surface area contributed by atoms with Crippen molar-refractivity contribution >= 4 is 17.3 Å². The van der Waals surface area contributed by atoms with Gasteiger partial charge in [-0.15, -0.1) is 0 Å². The van der Waals surface area contributed by atoms with E-state index in [9.17, 15) is 0 Å². The molecule has 3 nitrogen and oxygen atoms in total. The molecule has 3 N–H and O–H groups in total. The molecule has 4 heteroatoms. The Bertz CT molecular complexity index is 265. The van der Waals surface area contributed by atoms with Crippen LogP contribution < -0.4 is 11.1 Å². The second-order valence-corrected chi connectivity index (χ2v) is 3.31. The highest BCUT2D eigenvalue weighted by atomic mass is 35.5. The summed E-state index contributed by atoms with van der Waals surface area (Å²) in [4.78, 5) is 3.89. The Kier molecular flexibility index (Phi) is 3.99. The summed E-state index contributed by atoms with van der Waals surface area (Å²) in [6.45, 7) is 2.79. The van der Waals surface area contributed by atoms with Gasteiger partial charge in [0.2, 0.25) is 0 Å². The molecule has 1 aromatic rings. The van der Waals surface area contributed by atoms with Gasteiger partial charge in [-0.25, -0.2) is 0 Å². The van der Waals surface area contributed by atoms with Crippen molar-refractivity contribution in [2.45, 2.75) is 19.4 Å². The largest absolute Gasteiger partial charge is 0.382 e. The zero-order chi connectivity index (χ0) is 9.68. The van der Waals surface area contributed by atoms with E-state index in [-0.39, 0.29) is 6.04 Å². The number of nitrogens with one attached hydrogen (secondary N) is 1. The van der Waals surface area contributed by atoms with Crippen molar-refractivity contribution in [3.63, 3.8) is 0 Å². The van der Waals surface area contributed by atoms with Crippen molar-refractivity contribution in [2.24, 2.45) is 5.73 Å². The van der Waals surface area contributed by atoms with E-state index >= 15 is 0 Å². The lowest BCUT2D eigenvalue weighted by molar-refractivity contribution is 0.679. The Morgan fingerprint density at radius 2 is 2.46 bits per heavy atom. The van der Waals surface area contributed by atoms with Gasteiger partial charge in [0.25, 0.3) is 0 Å². The number of rotatable bonds is 4. The first-order valence-electron chi connectivity index (χ1n) is 4.33. The summed E-state index contributed by atoms with van der Waals surface area (Å²) in [6.07, 6.45) is 4.27. The highest BCUT2D eigenvalue weighted by molar-refractivity contribution is 6.33. The molecule has 0 aliphatic carbocycles. The molecule has 0 aromatic carbocycles. The summed E-state index contributed by atoms with van der Waals surface area (Å²) in [5, 5.41) is 3.80. The van der Waals surface area contributed by atoms with Crippen LogP contribution >= 0.6 is 11.6 Å². The van der Waals surface area contributed by atoms with E-state index < -0.39 is 0 Å². The molecule has 0 saturated carbocycles. The molecule has 1 rings (SSSR count). The molecule has 0 fully saturated rings. The minimum Gasteiger partial charge on any atom is -0.382 e. The van der Waals surface area contributed by atoms with Crippen LogP contribution in [0.15, 0.2) is 18.5 Å². The van der Waals surface area contributed by atoms with Crippen molar-refractivity contribution in [3.8, 4) is 0 Å². The fourth-order valence-corrected chi connectivity index (χ4v) is 1.09. The van der Waals surface area contributed by atoms with Crippen LogP contribution in [-0.4, -0.2) is 17.6 Å². The van der Waals surface area contributed by atoms with Gasteiger partial charge in [0.05, 0.1) is 10.7 Å². The zero-order valence-electron chi connectivity index (χ0n) is 7.63. The van der Waals surface area contributed by atoms with Crippen LogP contribution in [0.1, 0.15) is 13.3 Å². The van der Waals surface area contributed by atoms with E-state index in [2.05, 4.69) is 17.2 Å². The Morgan fingerprint density at radius 3 is 3.08 bits per heavy atom. The summed E-state index contributed by atoms with van der Waals surface area (Å²) >= 11 is 5.89. The number of aromatic nitrogens is 1. The SMILES string of the molecule is CCC(N)CNc1ccncc1Cl. The van der Waals surface area contributed by atoms with Crippen LogP contribution in [0.5, 0.6) is 0 Å². The molecule has 0 radical (unpaired) electrons. The van der Waals surface area contributed by atoms with Gasteiger partial charge in [-0.05, 0) is 12.5 Å². The maximum absolute atomic E-state index is 5.89. The van der Waals surface area contributed by atoms with E-state index in [1.807, 2.05) is 6.07 Å². The topological polar surface area (TPSA) is 50.9 Å². The second kappa shape index (κ2) is 5.04. The van der Waals surface area contributed by atoms with Crippen molar-refractivity contribution in [1.29, 1.82) is 0 Å². The molecular weight excluding hydrogens is 186 g/mol. The van der Waals surface area contributed by atoms with Crippen molar-refractivity contribution in [3.05, 3.63) is 23.5 Å². The molecular formula is C9H14ClN3. The second-order valence-electron chi connectivity index (χ2n) is 2.90. The highest BCUT2D eigenvalue weighted by Gasteiger charge is 2.01. The summed E-state index contributed by atoms with van der Waals surface area (Å²) in [5.41, 5.74) is 6.64. The number of halogens is 1. The number of hydrogen-bond acceptors (Lipinski definition) is 3. The van der Waals surface area contributed by atoms with Crippen LogP contribution in [0.4, 0.5) is 5.69 Å². The molecule has 1 unspecified atom stereocenters. The number of nitrogens with zero attached hydrogens (tertiary/aromatic N) is 1. The molecule has 0 aliphatic rings. The highest BCUT2D eigenvalue weighted by Crippen LogP contribution is 2.18. The van der Waals surface area contributed by atoms with Crippen LogP contribution in [0.2, 0.25) is 5.02 Å². The van der Waals surface area contributed by atoms with Crippen molar-refractivity contribution in [2.75, 3.05) is 11.9 Å². The fraction of sp³-hybridized carbons (Fsp3) is 0.444. The Morgan fingerprint density at radius 1 is 1.69 bits per heavy atom. The number of nitrogens with two attached hydrogens (primary N) is 1. The molecule has 1 aromatic heterocycles. The van der Waals surface area contributed by atoms with Crippen molar-refractivity contribution < 1.29 is 0 Å². The van der Waals surface area contributed by atoms with Crippen LogP contribution in [0.25, 0.3) is 0 Å². The minimum atomic E-state index is 0.171. The smallest absolute Gasteiger partial charge is 0.0820 e. The zero-order valence-corrected chi connectivity index (χ0v) is 8.38. The van der Waals surface area contributed by atoms with Crippen LogP contribution in [0.3, 0.4) is 0 Å². The summed E-state index contributed by atoms with van der Waals surface area (Å²) in [7, 11) is 0. The molecule has 0 saturated heterocycles. The first kappa shape index (κ1) is 10.3. The molecule has 1 atom stereocenters. The van der Waals surface area contributed by atoms with Gasteiger partial charge < -0.3 is 11.1 Å². The van der Waals surface area contributed by atoms with Crippen LogP contribution in [0, 0.1) is 0 Å². The van der Waals surface area contributed by atoms with E-state index in [0.29, 0.717) is 5.02 Å². The molecule has 13 heavy (non-hydrogen) atoms. The molecule has 72 valence electrons. The maximum Gasteiger partial charge on any atom is 0.0820 e. The van der Waals surface area contributed by atoms with E-state index in [1.165, 1.54) is 0 Å². The predicted molar refractivity (Wildman–Crippen MR) is 56.0 cm³/mol. The Hall–Kier alpha value is -0.800. The first-order chi connectivity index (χ1) is 6.24. The Balaban J connectivity index is 2.50. The lowest BCUT2D eigenvalue weighted by Gasteiger charge is -2.11. The Labute approximate surface area is 83.3 Å². The van der Waals surface area contributed by atoms with E-state index in [0.717, 1.165) is 18.7 Å². The number of hydrogen-bond donors (Lipinski definition) is 2. The monoisotopic (exact) mass is 199 g/mol. The summed E-state index contributed by atoms with van der Waals surface area (Å²) < 4.78 is 0. The van der Waals surface area contributed by atoms with Gasteiger partial charge in [-0.2, -0.15) is 0 Å². The molecule has 0 aliphatic heterocycles. The lowest BCUT2D eigenvalue weighted by Crippen LogP contribution is -2.28. The van der Waals surface area contributed by atoms with Gasteiger partial charge >= 0.3 is 0 Å². The third kappa shape index (κ3) is 3.20. The summed E-state index contributed by atoms with van der Waals surface area (Å²) in [5.74, 6) is 0. The average molecular weight is 200 g/mol. The standard InChI is InChI=1S/C9H14ClN3/c1-2-7(11)5-13-9-3-4-12-6-8(9)10/h3-4,6-7H,2,5,11H2,1H3,(H,12,13). The van der Waals surface area contributed by atoms with E-state index in [4.69, 9.17) is 17.3 Å². The molecule has 0 bridgehead atoms. The average Bonchev–Trinajstić information content (AvgIpc) is 2.16. The van der Waals surface area contributed by atoms with Gasteiger partial charge in [0.1, 0.15) is 0 Å². The first-order valence-corrected chi connectivity index (χ1v) is 4.70. The lowest BCUT2D eigenvalue weighted by atomic mass is 10.2. The van der Waals surface area contributed by atoms with Gasteiger partial charge in [-0.1, -0.05) is 18.5 Å². The van der Waals surface area contributed by atoms with Gasteiger partial charge in [0, 0.05) is 25.0 Å². The van der Waals surface area contributed by atoms with Crippen LogP contribution in [-0.2, 0) is 0 Å². The number of anilines is 1. The maximum atomic E-state index is 5.89. The molecule has 0 amide bonds. The van der Waals surface area contributed by atoms with Gasteiger partial charge in [-0.3, -0.25) is 4.98 Å². The predicted octanol–water partition coefficient (Wildman–Crippen LogP) is 1.88.